The zero-order chi connectivity index (χ0) is 20.9. The molecule has 4 rings (SSSR count). The van der Waals surface area contributed by atoms with Crippen molar-refractivity contribution in [1.29, 1.82) is 0 Å². The molecule has 7 heteroatoms. The molecule has 7 nitrogen and oxygen atoms in total. The van der Waals surface area contributed by atoms with E-state index in [4.69, 9.17) is 23.8 Å². The van der Waals surface area contributed by atoms with Gasteiger partial charge in [0.05, 0.1) is 19.9 Å². The molecule has 0 saturated carbocycles. The molecule has 0 aliphatic carbocycles. The standard InChI is InChI=1S/C23H28N2O5/c1-15-4-6-16(7-5-15)8-9-24-13-18-12-19(30-25-18)10-17-11-20(26-2)22-23(21(17)27-3)29-14-28-22/h4-7,11,19,24H,8-10,12-14H2,1-3H3. The molecule has 160 valence electrons. The van der Waals surface area contributed by atoms with Gasteiger partial charge in [-0.05, 0) is 31.5 Å². The quantitative estimate of drug-likeness (QED) is 0.638. The lowest BCUT2D eigenvalue weighted by molar-refractivity contribution is 0.0853. The third-order valence-electron chi connectivity index (χ3n) is 5.35. The van der Waals surface area contributed by atoms with Crippen molar-refractivity contribution >= 4 is 5.71 Å². The third-order valence-corrected chi connectivity index (χ3v) is 5.35. The van der Waals surface area contributed by atoms with Crippen LogP contribution in [0, 0.1) is 6.92 Å². The highest BCUT2D eigenvalue weighted by molar-refractivity contribution is 5.87. The summed E-state index contributed by atoms with van der Waals surface area (Å²) in [6.45, 7) is 3.89. The van der Waals surface area contributed by atoms with E-state index in [9.17, 15) is 0 Å². The van der Waals surface area contributed by atoms with Crippen LogP contribution in [0.2, 0.25) is 0 Å². The number of nitrogens with zero attached hydrogens (tertiary/aromatic N) is 1. The molecule has 0 aromatic heterocycles. The van der Waals surface area contributed by atoms with Gasteiger partial charge in [0.15, 0.2) is 11.5 Å². The molecular formula is C23H28N2O5. The van der Waals surface area contributed by atoms with Crippen LogP contribution in [0.25, 0.3) is 0 Å². The first-order valence-electron chi connectivity index (χ1n) is 10.2. The summed E-state index contributed by atoms with van der Waals surface area (Å²) in [7, 11) is 3.24. The zero-order valence-electron chi connectivity index (χ0n) is 17.7. The van der Waals surface area contributed by atoms with Gasteiger partial charge < -0.3 is 29.1 Å². The van der Waals surface area contributed by atoms with Crippen molar-refractivity contribution < 1.29 is 23.8 Å². The van der Waals surface area contributed by atoms with Gasteiger partial charge in [-0.3, -0.25) is 0 Å². The third kappa shape index (κ3) is 4.46. The maximum atomic E-state index is 5.67. The van der Waals surface area contributed by atoms with Crippen LogP contribution in [0.4, 0.5) is 0 Å². The van der Waals surface area contributed by atoms with Crippen molar-refractivity contribution in [2.45, 2.75) is 32.3 Å². The Hall–Kier alpha value is -2.93. The first-order valence-corrected chi connectivity index (χ1v) is 10.2. The summed E-state index contributed by atoms with van der Waals surface area (Å²) in [6, 6.07) is 10.6. The van der Waals surface area contributed by atoms with Crippen LogP contribution >= 0.6 is 0 Å². The summed E-state index contributed by atoms with van der Waals surface area (Å²) in [6.07, 6.45) is 2.37. The molecular weight excluding hydrogens is 384 g/mol. The monoisotopic (exact) mass is 412 g/mol. The Morgan fingerprint density at radius 1 is 1.10 bits per heavy atom. The van der Waals surface area contributed by atoms with Gasteiger partial charge >= 0.3 is 0 Å². The predicted octanol–water partition coefficient (Wildman–Crippen LogP) is 3.26. The number of nitrogens with one attached hydrogen (secondary N) is 1. The Labute approximate surface area is 176 Å². The minimum Gasteiger partial charge on any atom is -0.493 e. The van der Waals surface area contributed by atoms with Crippen molar-refractivity contribution in [3.05, 3.63) is 47.0 Å². The molecule has 2 aliphatic heterocycles. The molecule has 2 aromatic carbocycles. The topological polar surface area (TPSA) is 70.5 Å². The number of methoxy groups -OCH3 is 2. The molecule has 1 atom stereocenters. The Bertz CT molecular complexity index is 911. The van der Waals surface area contributed by atoms with Gasteiger partial charge in [-0.15, -0.1) is 0 Å². The van der Waals surface area contributed by atoms with Gasteiger partial charge in [0.1, 0.15) is 6.10 Å². The summed E-state index contributed by atoms with van der Waals surface area (Å²) in [5.74, 6) is 2.47. The van der Waals surface area contributed by atoms with Crippen LogP contribution in [0.1, 0.15) is 23.1 Å². The fourth-order valence-corrected chi connectivity index (χ4v) is 3.76. The average Bonchev–Trinajstić information content (AvgIpc) is 3.42. The van der Waals surface area contributed by atoms with Crippen LogP contribution in [0.5, 0.6) is 23.0 Å². The van der Waals surface area contributed by atoms with E-state index in [1.165, 1.54) is 11.1 Å². The number of benzene rings is 2. The van der Waals surface area contributed by atoms with Gasteiger partial charge in [-0.2, -0.15) is 0 Å². The molecule has 0 saturated heterocycles. The lowest BCUT2D eigenvalue weighted by Crippen LogP contribution is -2.25. The second-order valence-electron chi connectivity index (χ2n) is 7.54. The number of aryl methyl sites for hydroxylation is 1. The van der Waals surface area contributed by atoms with Crippen LogP contribution in [-0.2, 0) is 17.7 Å². The highest BCUT2D eigenvalue weighted by Gasteiger charge is 2.30. The Morgan fingerprint density at radius 3 is 2.67 bits per heavy atom. The zero-order valence-corrected chi connectivity index (χ0v) is 17.7. The number of fused-ring (bicyclic) bond motifs is 1. The molecule has 0 amide bonds. The van der Waals surface area contributed by atoms with Crippen LogP contribution in [0.15, 0.2) is 35.5 Å². The fraction of sp³-hybridized carbons (Fsp3) is 0.435. The molecule has 0 bridgehead atoms. The normalized spacial score (nSPS) is 16.9. The first-order chi connectivity index (χ1) is 14.7. The second kappa shape index (κ2) is 9.26. The molecule has 2 heterocycles. The molecule has 0 radical (unpaired) electrons. The van der Waals surface area contributed by atoms with E-state index in [0.29, 0.717) is 29.4 Å². The maximum absolute atomic E-state index is 5.67. The summed E-state index contributed by atoms with van der Waals surface area (Å²) < 4.78 is 22.1. The fourth-order valence-electron chi connectivity index (χ4n) is 3.76. The van der Waals surface area contributed by atoms with E-state index in [-0.39, 0.29) is 12.9 Å². The lowest BCUT2D eigenvalue weighted by atomic mass is 10.0. The van der Waals surface area contributed by atoms with Crippen molar-refractivity contribution in [2.24, 2.45) is 5.16 Å². The minimum atomic E-state index is -0.0436. The lowest BCUT2D eigenvalue weighted by Gasteiger charge is -2.15. The Balaban J connectivity index is 1.29. The van der Waals surface area contributed by atoms with E-state index in [1.54, 1.807) is 14.2 Å². The van der Waals surface area contributed by atoms with Gasteiger partial charge in [0.25, 0.3) is 0 Å². The SMILES string of the molecule is COc1cc(CC2CC(CNCCc3ccc(C)cc3)=NO2)c(OC)c2c1OCO2. The van der Waals surface area contributed by atoms with Gasteiger partial charge in [0.2, 0.25) is 18.3 Å². The van der Waals surface area contributed by atoms with Crippen LogP contribution in [-0.4, -0.2) is 45.9 Å². The number of rotatable bonds is 9. The van der Waals surface area contributed by atoms with Gasteiger partial charge in [-0.1, -0.05) is 35.0 Å². The molecule has 1 N–H and O–H groups in total. The van der Waals surface area contributed by atoms with E-state index in [1.807, 2.05) is 6.07 Å². The molecule has 2 aliphatic rings. The molecule has 0 spiro atoms. The van der Waals surface area contributed by atoms with E-state index in [0.717, 1.165) is 37.2 Å². The number of hydrogen-bond acceptors (Lipinski definition) is 7. The summed E-state index contributed by atoms with van der Waals surface area (Å²) in [4.78, 5) is 5.67. The maximum Gasteiger partial charge on any atom is 0.231 e. The predicted molar refractivity (Wildman–Crippen MR) is 114 cm³/mol. The Kier molecular flexibility index (Phi) is 6.28. The van der Waals surface area contributed by atoms with Crippen molar-refractivity contribution in [2.75, 3.05) is 34.1 Å². The number of oxime groups is 1. The van der Waals surface area contributed by atoms with Crippen LogP contribution in [0.3, 0.4) is 0 Å². The van der Waals surface area contributed by atoms with E-state index >= 15 is 0 Å². The second-order valence-corrected chi connectivity index (χ2v) is 7.54. The number of hydrogen-bond donors (Lipinski definition) is 1. The molecule has 2 aromatic rings. The largest absolute Gasteiger partial charge is 0.493 e. The molecule has 30 heavy (non-hydrogen) atoms. The highest BCUT2D eigenvalue weighted by atomic mass is 16.7. The smallest absolute Gasteiger partial charge is 0.231 e. The Morgan fingerprint density at radius 2 is 1.90 bits per heavy atom. The van der Waals surface area contributed by atoms with Gasteiger partial charge in [0, 0.05) is 24.9 Å². The molecule has 0 fully saturated rings. The van der Waals surface area contributed by atoms with Crippen molar-refractivity contribution in [1.82, 2.24) is 5.32 Å². The van der Waals surface area contributed by atoms with Gasteiger partial charge in [-0.25, -0.2) is 0 Å². The van der Waals surface area contributed by atoms with Crippen molar-refractivity contribution in [3.8, 4) is 23.0 Å². The first kappa shape index (κ1) is 20.3. The van der Waals surface area contributed by atoms with Crippen LogP contribution < -0.4 is 24.3 Å². The highest BCUT2D eigenvalue weighted by Crippen LogP contribution is 2.49. The van der Waals surface area contributed by atoms with E-state index in [2.05, 4.69) is 41.7 Å². The molecule has 1 unspecified atom stereocenters. The summed E-state index contributed by atoms with van der Waals surface area (Å²) in [5, 5.41) is 7.72. The average molecular weight is 412 g/mol. The van der Waals surface area contributed by atoms with E-state index < -0.39 is 0 Å². The number of ether oxygens (including phenoxy) is 4. The summed E-state index contributed by atoms with van der Waals surface area (Å²) in [5.41, 5.74) is 4.59. The van der Waals surface area contributed by atoms with Crippen molar-refractivity contribution in [3.63, 3.8) is 0 Å². The minimum absolute atomic E-state index is 0.0436. The summed E-state index contributed by atoms with van der Waals surface area (Å²) >= 11 is 0.